The molecule has 1 aliphatic heterocycles. The normalized spacial score (nSPS) is 15.8. The first kappa shape index (κ1) is 18.4. The van der Waals surface area contributed by atoms with Crippen LogP contribution in [0, 0.1) is 0 Å². The van der Waals surface area contributed by atoms with Gasteiger partial charge in [0.2, 0.25) is 0 Å². The lowest BCUT2D eigenvalue weighted by Crippen LogP contribution is -2.13. The van der Waals surface area contributed by atoms with Gasteiger partial charge in [-0.3, -0.25) is 0 Å². The van der Waals surface area contributed by atoms with Crippen LogP contribution < -0.4 is 4.74 Å². The molecule has 0 saturated carbocycles. The van der Waals surface area contributed by atoms with Crippen LogP contribution in [0.5, 0.6) is 5.75 Å². The number of halogens is 2. The van der Waals surface area contributed by atoms with Crippen molar-refractivity contribution >= 4 is 56.3 Å². The van der Waals surface area contributed by atoms with Gasteiger partial charge in [0.25, 0.3) is 0 Å². The molecule has 0 N–H and O–H groups in total. The summed E-state index contributed by atoms with van der Waals surface area (Å²) in [6.07, 6.45) is 2.23. The first-order valence-corrected chi connectivity index (χ1v) is 11.6. The van der Waals surface area contributed by atoms with Gasteiger partial charge in [0.1, 0.15) is 12.4 Å². The number of allylic oxidation sites excluding steroid dienone is 3. The standard InChI is InChI=1S/C25H18I2O/c26-21-14-13-17-9-4-5-10-18(17)23(21)24-20-12-6-11-19(16-7-2-1-3-8-16)25(20)28-15-22(24)27/h1-12H,13-15H2. The van der Waals surface area contributed by atoms with Gasteiger partial charge in [0.05, 0.1) is 0 Å². The van der Waals surface area contributed by atoms with Gasteiger partial charge in [-0.1, -0.05) is 72.8 Å². The molecule has 0 atom stereocenters. The summed E-state index contributed by atoms with van der Waals surface area (Å²) in [7, 11) is 0. The predicted octanol–water partition coefficient (Wildman–Crippen LogP) is 7.68. The number of aryl methyl sites for hydroxylation is 1. The molecule has 3 aromatic rings. The van der Waals surface area contributed by atoms with Crippen molar-refractivity contribution in [3.05, 3.63) is 96.6 Å². The predicted molar refractivity (Wildman–Crippen MR) is 134 cm³/mol. The SMILES string of the molecule is IC1=C(C2=C(I)COc3c2cccc3-c2ccccc2)c2ccccc2CC1. The van der Waals surface area contributed by atoms with Crippen LogP contribution in [-0.4, -0.2) is 6.61 Å². The van der Waals surface area contributed by atoms with Crippen LogP contribution in [-0.2, 0) is 6.42 Å². The minimum Gasteiger partial charge on any atom is -0.487 e. The fourth-order valence-corrected chi connectivity index (χ4v) is 5.67. The molecule has 2 aliphatic rings. The lowest BCUT2D eigenvalue weighted by atomic mass is 9.82. The molecule has 0 unspecified atom stereocenters. The second-order valence-corrected chi connectivity index (χ2v) is 9.66. The van der Waals surface area contributed by atoms with Crippen LogP contribution in [0.1, 0.15) is 23.1 Å². The molecular weight excluding hydrogens is 570 g/mol. The highest BCUT2D eigenvalue weighted by Crippen LogP contribution is 2.50. The Bertz CT molecular complexity index is 1130. The van der Waals surface area contributed by atoms with E-state index < -0.39 is 0 Å². The number of ether oxygens (including phenoxy) is 1. The molecule has 1 nitrogen and oxygen atoms in total. The number of benzene rings is 3. The summed E-state index contributed by atoms with van der Waals surface area (Å²) in [5, 5.41) is 0. The number of fused-ring (bicyclic) bond motifs is 2. The van der Waals surface area contributed by atoms with Crippen molar-refractivity contribution < 1.29 is 4.74 Å². The molecular formula is C25H18I2O. The lowest BCUT2D eigenvalue weighted by molar-refractivity contribution is 0.358. The highest BCUT2D eigenvalue weighted by molar-refractivity contribution is 14.1. The molecule has 3 aromatic carbocycles. The molecule has 0 fully saturated rings. The second kappa shape index (κ2) is 7.67. The molecule has 138 valence electrons. The molecule has 1 aliphatic carbocycles. The van der Waals surface area contributed by atoms with Crippen molar-refractivity contribution in [2.75, 3.05) is 6.61 Å². The lowest BCUT2D eigenvalue weighted by Gasteiger charge is -2.29. The molecule has 0 amide bonds. The Kier molecular flexibility index (Phi) is 5.05. The summed E-state index contributed by atoms with van der Waals surface area (Å²) in [4.78, 5) is 0. The molecule has 0 spiro atoms. The monoisotopic (exact) mass is 588 g/mol. The average molecular weight is 588 g/mol. The van der Waals surface area contributed by atoms with Crippen LogP contribution in [0.2, 0.25) is 0 Å². The van der Waals surface area contributed by atoms with Crippen molar-refractivity contribution in [2.24, 2.45) is 0 Å². The summed E-state index contributed by atoms with van der Waals surface area (Å²) in [6, 6.07) is 25.9. The molecule has 0 aromatic heterocycles. The van der Waals surface area contributed by atoms with Crippen LogP contribution in [0.4, 0.5) is 0 Å². The first-order chi connectivity index (χ1) is 13.7. The quantitative estimate of drug-likeness (QED) is 0.279. The van der Waals surface area contributed by atoms with Crippen molar-refractivity contribution in [1.29, 1.82) is 0 Å². The van der Waals surface area contributed by atoms with E-state index in [-0.39, 0.29) is 0 Å². The summed E-state index contributed by atoms with van der Waals surface area (Å²) >= 11 is 5.02. The summed E-state index contributed by atoms with van der Waals surface area (Å²) < 4.78 is 8.99. The van der Waals surface area contributed by atoms with E-state index in [0.29, 0.717) is 6.61 Å². The zero-order chi connectivity index (χ0) is 19.1. The van der Waals surface area contributed by atoms with Gasteiger partial charge in [0, 0.05) is 25.9 Å². The zero-order valence-electron chi connectivity index (χ0n) is 15.2. The van der Waals surface area contributed by atoms with Gasteiger partial charge in [0.15, 0.2) is 0 Å². The maximum absolute atomic E-state index is 6.28. The molecule has 5 rings (SSSR count). The van der Waals surface area contributed by atoms with E-state index in [1.165, 1.54) is 46.1 Å². The molecule has 0 radical (unpaired) electrons. The van der Waals surface area contributed by atoms with Crippen LogP contribution in [0.3, 0.4) is 0 Å². The third kappa shape index (κ3) is 3.12. The largest absolute Gasteiger partial charge is 0.487 e. The maximum Gasteiger partial charge on any atom is 0.135 e. The number of hydrogen-bond acceptors (Lipinski definition) is 1. The summed E-state index contributed by atoms with van der Waals surface area (Å²) in [5.74, 6) is 1.00. The molecule has 28 heavy (non-hydrogen) atoms. The van der Waals surface area contributed by atoms with Crippen molar-refractivity contribution in [2.45, 2.75) is 12.8 Å². The molecule has 0 bridgehead atoms. The van der Waals surface area contributed by atoms with Gasteiger partial charge in [-0.25, -0.2) is 0 Å². The smallest absolute Gasteiger partial charge is 0.135 e. The second-order valence-electron chi connectivity index (χ2n) is 7.05. The number of para-hydroxylation sites is 1. The van der Waals surface area contributed by atoms with Gasteiger partial charge in [-0.05, 0) is 78.3 Å². The first-order valence-electron chi connectivity index (χ1n) is 9.41. The molecule has 0 saturated heterocycles. The van der Waals surface area contributed by atoms with Crippen molar-refractivity contribution in [3.63, 3.8) is 0 Å². The molecule has 1 heterocycles. The van der Waals surface area contributed by atoms with Crippen LogP contribution in [0.25, 0.3) is 22.3 Å². The Morgan fingerprint density at radius 3 is 2.14 bits per heavy atom. The van der Waals surface area contributed by atoms with E-state index in [4.69, 9.17) is 4.74 Å². The van der Waals surface area contributed by atoms with Gasteiger partial charge in [-0.15, -0.1) is 0 Å². The van der Waals surface area contributed by atoms with E-state index in [9.17, 15) is 0 Å². The van der Waals surface area contributed by atoms with E-state index in [0.717, 1.165) is 18.6 Å². The van der Waals surface area contributed by atoms with Crippen molar-refractivity contribution in [1.82, 2.24) is 0 Å². The van der Waals surface area contributed by atoms with Gasteiger partial charge < -0.3 is 4.74 Å². The third-order valence-electron chi connectivity index (χ3n) is 5.41. The minimum atomic E-state index is 0.627. The Labute approximate surface area is 192 Å². The summed E-state index contributed by atoms with van der Waals surface area (Å²) in [6.45, 7) is 0.627. The van der Waals surface area contributed by atoms with E-state index >= 15 is 0 Å². The van der Waals surface area contributed by atoms with E-state index in [1.54, 1.807) is 0 Å². The van der Waals surface area contributed by atoms with E-state index in [1.807, 2.05) is 0 Å². The topological polar surface area (TPSA) is 9.23 Å². The molecule has 3 heteroatoms. The number of rotatable bonds is 2. The fraction of sp³-hybridized carbons (Fsp3) is 0.120. The van der Waals surface area contributed by atoms with Crippen molar-refractivity contribution in [3.8, 4) is 16.9 Å². The Balaban J connectivity index is 1.74. The fourth-order valence-electron chi connectivity index (χ4n) is 4.13. The van der Waals surface area contributed by atoms with Gasteiger partial charge in [-0.2, -0.15) is 0 Å². The zero-order valence-corrected chi connectivity index (χ0v) is 19.5. The Morgan fingerprint density at radius 2 is 1.29 bits per heavy atom. The highest BCUT2D eigenvalue weighted by atomic mass is 127. The van der Waals surface area contributed by atoms with Crippen LogP contribution >= 0.6 is 45.2 Å². The minimum absolute atomic E-state index is 0.627. The Hall–Kier alpha value is -1.60. The number of hydrogen-bond donors (Lipinski definition) is 0. The maximum atomic E-state index is 6.28. The van der Waals surface area contributed by atoms with Gasteiger partial charge >= 0.3 is 0 Å². The van der Waals surface area contributed by atoms with Crippen LogP contribution in [0.15, 0.2) is 80.0 Å². The highest BCUT2D eigenvalue weighted by Gasteiger charge is 2.29. The third-order valence-corrected chi connectivity index (χ3v) is 7.33. The summed E-state index contributed by atoms with van der Waals surface area (Å²) in [5.41, 5.74) is 9.13. The Morgan fingerprint density at radius 1 is 0.607 bits per heavy atom. The van der Waals surface area contributed by atoms with E-state index in [2.05, 4.69) is 118 Å². The average Bonchev–Trinajstić information content (AvgIpc) is 2.74.